The molecule has 110 valence electrons. The van der Waals surface area contributed by atoms with Gasteiger partial charge in [-0.05, 0) is 37.1 Å². The molecule has 0 aliphatic heterocycles. The maximum absolute atomic E-state index is 12.8. The molecule has 20 heavy (non-hydrogen) atoms. The first-order valence-electron chi connectivity index (χ1n) is 7.05. The number of hydrogen-bond donors (Lipinski definition) is 1. The number of hydrogen-bond acceptors (Lipinski definition) is 4. The van der Waals surface area contributed by atoms with Gasteiger partial charge in [0, 0.05) is 30.1 Å². The number of thiophene rings is 1. The zero-order chi connectivity index (χ0) is 14.2. The first-order valence-corrected chi connectivity index (χ1v) is 9.37. The lowest BCUT2D eigenvalue weighted by molar-refractivity contribution is 0.435. The smallest absolute Gasteiger partial charge is 0.244 e. The van der Waals surface area contributed by atoms with Crippen LogP contribution in [0.2, 0.25) is 0 Å². The molecular formula is C14H20N2O2S2. The van der Waals surface area contributed by atoms with Crippen LogP contribution in [0.25, 0.3) is 0 Å². The Morgan fingerprint density at radius 2 is 2.15 bits per heavy atom. The summed E-state index contributed by atoms with van der Waals surface area (Å²) >= 11 is 1.52. The predicted octanol–water partition coefficient (Wildman–Crippen LogP) is 2.34. The molecular weight excluding hydrogens is 292 g/mol. The van der Waals surface area contributed by atoms with Crippen molar-refractivity contribution < 1.29 is 8.42 Å². The minimum atomic E-state index is -3.38. The third-order valence-electron chi connectivity index (χ3n) is 3.68. The van der Waals surface area contributed by atoms with Gasteiger partial charge in [0.25, 0.3) is 0 Å². The fourth-order valence-corrected chi connectivity index (χ4v) is 5.29. The van der Waals surface area contributed by atoms with Gasteiger partial charge in [0.15, 0.2) is 0 Å². The van der Waals surface area contributed by atoms with Crippen molar-refractivity contribution in [3.05, 3.63) is 29.0 Å². The number of nitrogens with zero attached hydrogens (tertiary/aromatic N) is 1. The molecule has 6 heteroatoms. The minimum absolute atomic E-state index is 0.169. The zero-order valence-electron chi connectivity index (χ0n) is 11.4. The van der Waals surface area contributed by atoms with Crippen molar-refractivity contribution in [1.29, 1.82) is 0 Å². The van der Waals surface area contributed by atoms with Gasteiger partial charge < -0.3 is 5.32 Å². The summed E-state index contributed by atoms with van der Waals surface area (Å²) in [4.78, 5) is 1.40. The molecule has 1 aromatic heterocycles. The molecule has 2 aliphatic carbocycles. The molecule has 3 rings (SSSR count). The average Bonchev–Trinajstić information content (AvgIpc) is 3.33. The van der Waals surface area contributed by atoms with Gasteiger partial charge in [0.05, 0.1) is 4.90 Å². The van der Waals surface area contributed by atoms with E-state index in [1.54, 1.807) is 16.4 Å². The van der Waals surface area contributed by atoms with Crippen LogP contribution in [0, 0.1) is 0 Å². The molecule has 0 aromatic carbocycles. The normalized spacial score (nSPS) is 19.4. The fraction of sp³-hybridized carbons (Fsp3) is 0.571. The van der Waals surface area contributed by atoms with Crippen LogP contribution in [0.15, 0.2) is 29.0 Å². The van der Waals surface area contributed by atoms with Crippen molar-refractivity contribution in [2.24, 2.45) is 0 Å². The summed E-state index contributed by atoms with van der Waals surface area (Å²) < 4.78 is 27.2. The van der Waals surface area contributed by atoms with Crippen LogP contribution in [0.4, 0.5) is 0 Å². The predicted molar refractivity (Wildman–Crippen MR) is 81.3 cm³/mol. The minimum Gasteiger partial charge on any atom is -0.309 e. The monoisotopic (exact) mass is 312 g/mol. The van der Waals surface area contributed by atoms with Crippen LogP contribution >= 0.6 is 11.3 Å². The molecule has 0 bridgehead atoms. The molecule has 4 nitrogen and oxygen atoms in total. The molecule has 2 fully saturated rings. The third-order valence-corrected chi connectivity index (χ3v) is 6.74. The molecule has 0 amide bonds. The Morgan fingerprint density at radius 3 is 2.75 bits per heavy atom. The van der Waals surface area contributed by atoms with Crippen LogP contribution in [-0.2, 0) is 16.6 Å². The van der Waals surface area contributed by atoms with Crippen molar-refractivity contribution in [3.63, 3.8) is 0 Å². The molecule has 0 saturated heterocycles. The fourth-order valence-electron chi connectivity index (χ4n) is 2.27. The third kappa shape index (κ3) is 2.98. The molecule has 0 spiro atoms. The highest BCUT2D eigenvalue weighted by Crippen LogP contribution is 2.34. The summed E-state index contributed by atoms with van der Waals surface area (Å²) in [6, 6.07) is 2.49. The highest BCUT2D eigenvalue weighted by Gasteiger charge is 2.38. The first-order chi connectivity index (χ1) is 9.63. The summed E-state index contributed by atoms with van der Waals surface area (Å²) in [5, 5.41) is 5.27. The SMILES string of the molecule is C=CCN(C1CC1)S(=O)(=O)c1ccsc1CNC1CC1. The second-order valence-electron chi connectivity index (χ2n) is 5.46. The Balaban J connectivity index is 1.81. The lowest BCUT2D eigenvalue weighted by Gasteiger charge is -2.20. The van der Waals surface area contributed by atoms with Gasteiger partial charge >= 0.3 is 0 Å². The summed E-state index contributed by atoms with van der Waals surface area (Å²) in [7, 11) is -3.38. The van der Waals surface area contributed by atoms with Crippen LogP contribution < -0.4 is 5.32 Å². The van der Waals surface area contributed by atoms with Crippen LogP contribution in [-0.4, -0.2) is 31.4 Å². The summed E-state index contributed by atoms with van der Waals surface area (Å²) in [6.07, 6.45) is 6.01. The average molecular weight is 312 g/mol. The lowest BCUT2D eigenvalue weighted by atomic mass is 10.4. The second-order valence-corrected chi connectivity index (χ2v) is 8.32. The van der Waals surface area contributed by atoms with E-state index in [9.17, 15) is 8.42 Å². The topological polar surface area (TPSA) is 49.4 Å². The second kappa shape index (κ2) is 5.60. The van der Waals surface area contributed by atoms with Crippen LogP contribution in [0.5, 0.6) is 0 Å². The summed E-state index contributed by atoms with van der Waals surface area (Å²) in [5.74, 6) is 0. The lowest BCUT2D eigenvalue weighted by Crippen LogP contribution is -2.33. The van der Waals surface area contributed by atoms with Gasteiger partial charge in [-0.25, -0.2) is 8.42 Å². The van der Waals surface area contributed by atoms with Gasteiger partial charge in [-0.15, -0.1) is 17.9 Å². The van der Waals surface area contributed by atoms with Gasteiger partial charge in [0.1, 0.15) is 0 Å². The van der Waals surface area contributed by atoms with E-state index in [-0.39, 0.29) is 6.04 Å². The molecule has 0 atom stereocenters. The van der Waals surface area contributed by atoms with E-state index in [0.29, 0.717) is 24.0 Å². The Kier molecular flexibility index (Phi) is 3.99. The Bertz CT molecular complexity index is 586. The van der Waals surface area contributed by atoms with Gasteiger partial charge in [-0.3, -0.25) is 0 Å². The molecule has 0 radical (unpaired) electrons. The maximum atomic E-state index is 12.8. The van der Waals surface area contributed by atoms with Gasteiger partial charge in [0.2, 0.25) is 10.0 Å². The largest absolute Gasteiger partial charge is 0.309 e. The van der Waals surface area contributed by atoms with E-state index < -0.39 is 10.0 Å². The van der Waals surface area contributed by atoms with Crippen molar-refractivity contribution >= 4 is 21.4 Å². The van der Waals surface area contributed by atoms with Crippen molar-refractivity contribution in [3.8, 4) is 0 Å². The summed E-state index contributed by atoms with van der Waals surface area (Å²) in [6.45, 7) is 4.74. The standard InChI is InChI=1S/C14H20N2O2S2/c1-2-8-16(12-5-6-12)20(17,18)14-7-9-19-13(14)10-15-11-3-4-11/h2,7,9,11-12,15H,1,3-6,8,10H2. The van der Waals surface area contributed by atoms with E-state index in [1.807, 2.05) is 5.38 Å². The Labute approximate surface area is 124 Å². The molecule has 0 unspecified atom stereocenters. The molecule has 2 aliphatic rings. The van der Waals surface area contributed by atoms with Gasteiger partial charge in [-0.1, -0.05) is 6.08 Å². The number of rotatable bonds is 8. The van der Waals surface area contributed by atoms with Crippen LogP contribution in [0.1, 0.15) is 30.6 Å². The number of sulfonamides is 1. The number of nitrogens with one attached hydrogen (secondary N) is 1. The molecule has 1 heterocycles. The molecule has 2 saturated carbocycles. The van der Waals surface area contributed by atoms with Crippen LogP contribution in [0.3, 0.4) is 0 Å². The van der Waals surface area contributed by atoms with Crippen molar-refractivity contribution in [2.45, 2.75) is 49.2 Å². The molecule has 1 N–H and O–H groups in total. The van der Waals surface area contributed by atoms with E-state index >= 15 is 0 Å². The highest BCUT2D eigenvalue weighted by molar-refractivity contribution is 7.89. The maximum Gasteiger partial charge on any atom is 0.244 e. The molecule has 1 aromatic rings. The van der Waals surface area contributed by atoms with Crippen molar-refractivity contribution in [1.82, 2.24) is 9.62 Å². The van der Waals surface area contributed by atoms with E-state index in [4.69, 9.17) is 0 Å². The summed E-state index contributed by atoms with van der Waals surface area (Å²) in [5.41, 5.74) is 0. The Morgan fingerprint density at radius 1 is 1.40 bits per heavy atom. The Hall–Kier alpha value is -0.690. The van der Waals surface area contributed by atoms with E-state index in [1.165, 1.54) is 24.2 Å². The van der Waals surface area contributed by atoms with Gasteiger partial charge in [-0.2, -0.15) is 4.31 Å². The first kappa shape index (κ1) is 14.3. The zero-order valence-corrected chi connectivity index (χ0v) is 13.0. The van der Waals surface area contributed by atoms with Crippen molar-refractivity contribution in [2.75, 3.05) is 6.54 Å². The van der Waals surface area contributed by atoms with E-state index in [0.717, 1.165) is 17.7 Å². The highest BCUT2D eigenvalue weighted by atomic mass is 32.2. The quantitative estimate of drug-likeness (QED) is 0.750. The van der Waals surface area contributed by atoms with E-state index in [2.05, 4.69) is 11.9 Å².